The first-order valence-electron chi connectivity index (χ1n) is 12.4. The zero-order valence-electron chi connectivity index (χ0n) is 21.5. The number of ether oxygens (including phenoxy) is 1. The number of aromatic nitrogens is 3. The van der Waals surface area contributed by atoms with Crippen molar-refractivity contribution < 1.29 is 31.1 Å². The van der Waals surface area contributed by atoms with Gasteiger partial charge in [0.1, 0.15) is 17.2 Å². The summed E-state index contributed by atoms with van der Waals surface area (Å²) in [6, 6.07) is 9.33. The number of hydrogen-bond acceptors (Lipinski definition) is 9. The molecular weight excluding hydrogens is 551 g/mol. The highest BCUT2D eigenvalue weighted by Crippen LogP contribution is 2.34. The van der Waals surface area contributed by atoms with Gasteiger partial charge < -0.3 is 20.7 Å². The molecule has 4 rings (SSSR count). The number of pyridine rings is 1. The average molecular weight is 580 g/mol. The van der Waals surface area contributed by atoms with Gasteiger partial charge in [-0.25, -0.2) is 18.4 Å². The van der Waals surface area contributed by atoms with Crippen LogP contribution in [0.25, 0.3) is 0 Å². The Morgan fingerprint density at radius 1 is 1.12 bits per heavy atom. The number of benzene rings is 1. The van der Waals surface area contributed by atoms with Crippen LogP contribution in [0, 0.1) is 0 Å². The lowest BCUT2D eigenvalue weighted by Gasteiger charge is -2.23. The predicted molar refractivity (Wildman–Crippen MR) is 143 cm³/mol. The molecule has 4 N–H and O–H groups in total. The van der Waals surface area contributed by atoms with Crippen LogP contribution in [0.15, 0.2) is 48.8 Å². The normalized spacial score (nSPS) is 15.8. The van der Waals surface area contributed by atoms with E-state index in [1.165, 1.54) is 25.3 Å². The molecule has 11 nitrogen and oxygen atoms in total. The molecule has 0 spiro atoms. The molecule has 1 saturated heterocycles. The number of amides is 1. The molecule has 0 bridgehead atoms. The molecule has 0 aliphatic carbocycles. The van der Waals surface area contributed by atoms with E-state index in [0.29, 0.717) is 36.2 Å². The molecule has 40 heavy (non-hydrogen) atoms. The summed E-state index contributed by atoms with van der Waals surface area (Å²) in [6.45, 7) is 2.39. The van der Waals surface area contributed by atoms with Gasteiger partial charge in [0.15, 0.2) is 0 Å². The number of sulfonamides is 1. The van der Waals surface area contributed by atoms with Gasteiger partial charge in [-0.3, -0.25) is 9.52 Å². The van der Waals surface area contributed by atoms with Crippen LogP contribution in [0.3, 0.4) is 0 Å². The predicted octanol–water partition coefficient (Wildman–Crippen LogP) is 3.92. The Hall–Kier alpha value is -3.98. The Kier molecular flexibility index (Phi) is 9.04. The van der Waals surface area contributed by atoms with Crippen LogP contribution in [0.1, 0.15) is 41.3 Å². The fraction of sp³-hybridized carbons (Fsp3) is 0.360. The third-order valence-electron chi connectivity index (χ3n) is 5.96. The second-order valence-corrected chi connectivity index (χ2v) is 10.9. The third kappa shape index (κ3) is 7.79. The van der Waals surface area contributed by atoms with Gasteiger partial charge in [-0.1, -0.05) is 6.07 Å². The van der Waals surface area contributed by atoms with E-state index in [-0.39, 0.29) is 36.0 Å². The fourth-order valence-corrected chi connectivity index (χ4v) is 4.44. The highest BCUT2D eigenvalue weighted by molar-refractivity contribution is 7.92. The van der Waals surface area contributed by atoms with Crippen molar-refractivity contribution in [2.24, 2.45) is 0 Å². The largest absolute Gasteiger partial charge is 0.421 e. The maximum absolute atomic E-state index is 13.7. The molecule has 0 saturated carbocycles. The monoisotopic (exact) mass is 579 g/mol. The number of halogens is 3. The maximum atomic E-state index is 13.7. The van der Waals surface area contributed by atoms with Crippen molar-refractivity contribution in [2.75, 3.05) is 34.3 Å². The summed E-state index contributed by atoms with van der Waals surface area (Å²) in [5.41, 5.74) is 0.0790. The van der Waals surface area contributed by atoms with E-state index in [0.717, 1.165) is 12.8 Å². The van der Waals surface area contributed by atoms with Crippen molar-refractivity contribution in [1.82, 2.24) is 20.3 Å². The van der Waals surface area contributed by atoms with Gasteiger partial charge in [0.05, 0.1) is 18.4 Å². The van der Waals surface area contributed by atoms with Crippen LogP contribution in [-0.2, 0) is 27.5 Å². The summed E-state index contributed by atoms with van der Waals surface area (Å²) in [7, 11) is -3.65. The number of nitrogens with zero attached hydrogens (tertiary/aromatic N) is 3. The summed E-state index contributed by atoms with van der Waals surface area (Å²) >= 11 is 0. The molecule has 3 aromatic rings. The standard InChI is InChI=1S/C25H28F3N7O4S/c1-2-40(37,38)35-21-17(5-3-11-29-21)13-30-22-20(25(26,27)28)14-31-24(34-22)33-18-9-7-16(8-10-18)23(36)32-19-6-4-12-39-15-19/h3,5,7-11,14,19H,2,4,6,12-13,15H2,1H3,(H,29,35)(H,32,36)(H2,30,31,33,34). The Balaban J connectivity index is 1.48. The lowest BCUT2D eigenvalue weighted by Crippen LogP contribution is -2.40. The van der Waals surface area contributed by atoms with Gasteiger partial charge in [-0.05, 0) is 50.1 Å². The van der Waals surface area contributed by atoms with Gasteiger partial charge >= 0.3 is 6.18 Å². The summed E-state index contributed by atoms with van der Waals surface area (Å²) in [4.78, 5) is 24.3. The topological polar surface area (TPSA) is 147 Å². The molecule has 3 heterocycles. The number of carbonyl (C=O) groups excluding carboxylic acids is 1. The second-order valence-electron chi connectivity index (χ2n) is 8.91. The number of carbonyl (C=O) groups is 1. The lowest BCUT2D eigenvalue weighted by atomic mass is 10.1. The van der Waals surface area contributed by atoms with E-state index in [9.17, 15) is 26.4 Å². The molecule has 1 atom stereocenters. The summed E-state index contributed by atoms with van der Waals surface area (Å²) < 4.78 is 72.7. The first-order valence-corrected chi connectivity index (χ1v) is 14.1. The minimum atomic E-state index is -4.75. The molecule has 1 amide bonds. The second kappa shape index (κ2) is 12.5. The van der Waals surface area contributed by atoms with Crippen LogP contribution in [0.2, 0.25) is 0 Å². The molecule has 2 aromatic heterocycles. The van der Waals surface area contributed by atoms with E-state index in [2.05, 4.69) is 35.6 Å². The fourth-order valence-electron chi connectivity index (χ4n) is 3.81. The Morgan fingerprint density at radius 3 is 2.58 bits per heavy atom. The third-order valence-corrected chi connectivity index (χ3v) is 7.23. The van der Waals surface area contributed by atoms with E-state index in [4.69, 9.17) is 4.74 Å². The number of rotatable bonds is 10. The molecule has 15 heteroatoms. The first kappa shape index (κ1) is 29.0. The van der Waals surface area contributed by atoms with Gasteiger partial charge in [-0.15, -0.1) is 0 Å². The van der Waals surface area contributed by atoms with Crippen molar-refractivity contribution in [1.29, 1.82) is 0 Å². The smallest absolute Gasteiger partial charge is 0.379 e. The maximum Gasteiger partial charge on any atom is 0.421 e. The van der Waals surface area contributed by atoms with Crippen LogP contribution in [0.4, 0.5) is 36.4 Å². The summed E-state index contributed by atoms with van der Waals surface area (Å²) in [6.07, 6.45) is -1.02. The van der Waals surface area contributed by atoms with E-state index >= 15 is 0 Å². The SMILES string of the molecule is CCS(=O)(=O)Nc1ncccc1CNc1nc(Nc2ccc(C(=O)NC3CCCOC3)cc2)ncc1C(F)(F)F. The quantitative estimate of drug-likeness (QED) is 0.281. The molecule has 214 valence electrons. The van der Waals surface area contributed by atoms with Gasteiger partial charge in [-0.2, -0.15) is 18.2 Å². The zero-order chi connectivity index (χ0) is 28.8. The average Bonchev–Trinajstić information content (AvgIpc) is 2.93. The highest BCUT2D eigenvalue weighted by atomic mass is 32.2. The Labute approximate surface area is 229 Å². The van der Waals surface area contributed by atoms with Crippen molar-refractivity contribution >= 4 is 39.2 Å². The van der Waals surface area contributed by atoms with Gasteiger partial charge in [0.25, 0.3) is 5.91 Å². The van der Waals surface area contributed by atoms with Crippen LogP contribution < -0.4 is 20.7 Å². The number of nitrogens with one attached hydrogen (secondary N) is 4. The molecular formula is C25H28F3N7O4S. The van der Waals surface area contributed by atoms with Crippen LogP contribution in [0.5, 0.6) is 0 Å². The van der Waals surface area contributed by atoms with E-state index in [1.54, 1.807) is 24.3 Å². The minimum absolute atomic E-state index is 0.00190. The van der Waals surface area contributed by atoms with Crippen molar-refractivity contribution in [3.05, 3.63) is 65.5 Å². The molecule has 1 aliphatic rings. The van der Waals surface area contributed by atoms with Crippen molar-refractivity contribution in [2.45, 2.75) is 38.5 Å². The van der Waals surface area contributed by atoms with Crippen molar-refractivity contribution in [3.8, 4) is 0 Å². The summed E-state index contributed by atoms with van der Waals surface area (Å²) in [5.74, 6) is -1.08. The Bertz CT molecular complexity index is 1430. The van der Waals surface area contributed by atoms with Crippen LogP contribution >= 0.6 is 0 Å². The van der Waals surface area contributed by atoms with Crippen molar-refractivity contribution in [3.63, 3.8) is 0 Å². The minimum Gasteiger partial charge on any atom is -0.379 e. The molecule has 0 radical (unpaired) electrons. The molecule has 1 fully saturated rings. The first-order chi connectivity index (χ1) is 19.0. The molecule has 1 aliphatic heterocycles. The lowest BCUT2D eigenvalue weighted by molar-refractivity contribution is -0.137. The van der Waals surface area contributed by atoms with Gasteiger partial charge in [0, 0.05) is 42.4 Å². The molecule has 1 unspecified atom stereocenters. The number of anilines is 4. The Morgan fingerprint density at radius 2 is 1.90 bits per heavy atom. The molecule has 1 aromatic carbocycles. The van der Waals surface area contributed by atoms with Gasteiger partial charge in [0.2, 0.25) is 16.0 Å². The number of alkyl halides is 3. The zero-order valence-corrected chi connectivity index (χ0v) is 22.3. The van der Waals surface area contributed by atoms with E-state index in [1.807, 2.05) is 0 Å². The number of hydrogen-bond donors (Lipinski definition) is 4. The van der Waals surface area contributed by atoms with Crippen LogP contribution in [-0.4, -0.2) is 54.3 Å². The highest BCUT2D eigenvalue weighted by Gasteiger charge is 2.35. The van der Waals surface area contributed by atoms with E-state index < -0.39 is 27.6 Å². The summed E-state index contributed by atoms with van der Waals surface area (Å²) in [5, 5.41) is 8.37.